The monoisotopic (exact) mass is 329 g/mol. The van der Waals surface area contributed by atoms with E-state index in [2.05, 4.69) is 24.3 Å². The maximum atomic E-state index is 12.5. The van der Waals surface area contributed by atoms with Crippen molar-refractivity contribution in [1.29, 1.82) is 0 Å². The van der Waals surface area contributed by atoms with Gasteiger partial charge in [-0.25, -0.2) is 0 Å². The lowest BCUT2D eigenvalue weighted by atomic mass is 10.0. The van der Waals surface area contributed by atoms with Crippen LogP contribution in [0.5, 0.6) is 0 Å². The normalized spacial score (nSPS) is 13.8. The molecule has 0 aliphatic carbocycles. The van der Waals surface area contributed by atoms with E-state index in [0.717, 1.165) is 11.3 Å². The molecule has 0 aliphatic rings. The van der Waals surface area contributed by atoms with E-state index in [4.69, 9.17) is 0 Å². The topological polar surface area (TPSA) is 67.2 Å². The molecule has 0 radical (unpaired) electrons. The summed E-state index contributed by atoms with van der Waals surface area (Å²) in [7, 11) is 0. The molecule has 0 spiro atoms. The van der Waals surface area contributed by atoms with E-state index < -0.39 is 6.10 Å². The standard InChI is InChI=1S/C19H27N3O2/c1-5-22-17(12-16(21-22)13(2)3)19(24)20-14(4)18(23)11-15-9-7-6-8-10-15/h6-10,12-14,18,23H,5,11H2,1-4H3,(H,20,24). The minimum absolute atomic E-state index is 0.198. The van der Waals surface area contributed by atoms with Crippen LogP contribution >= 0.6 is 0 Å². The van der Waals surface area contributed by atoms with E-state index in [1.165, 1.54) is 0 Å². The van der Waals surface area contributed by atoms with Crippen molar-refractivity contribution >= 4 is 5.91 Å². The smallest absolute Gasteiger partial charge is 0.269 e. The second-order valence-electron chi connectivity index (χ2n) is 6.44. The molecule has 0 saturated carbocycles. The van der Waals surface area contributed by atoms with Crippen LogP contribution in [-0.2, 0) is 13.0 Å². The number of aryl methyl sites for hydroxylation is 1. The van der Waals surface area contributed by atoms with Gasteiger partial charge in [0, 0.05) is 13.0 Å². The second-order valence-corrected chi connectivity index (χ2v) is 6.44. The summed E-state index contributed by atoms with van der Waals surface area (Å²) in [6, 6.07) is 11.3. The van der Waals surface area contributed by atoms with Crippen molar-refractivity contribution in [3.05, 3.63) is 53.3 Å². The molecular weight excluding hydrogens is 302 g/mol. The van der Waals surface area contributed by atoms with E-state index >= 15 is 0 Å². The highest BCUT2D eigenvalue weighted by molar-refractivity contribution is 5.93. The molecule has 0 fully saturated rings. The summed E-state index contributed by atoms with van der Waals surface area (Å²) in [5, 5.41) is 17.7. The molecule has 5 nitrogen and oxygen atoms in total. The summed E-state index contributed by atoms with van der Waals surface area (Å²) < 4.78 is 1.71. The first-order chi connectivity index (χ1) is 11.4. The molecule has 2 rings (SSSR count). The van der Waals surface area contributed by atoms with Gasteiger partial charge in [-0.2, -0.15) is 5.10 Å². The van der Waals surface area contributed by atoms with Crippen LogP contribution in [0.1, 0.15) is 55.4 Å². The molecule has 1 amide bonds. The van der Waals surface area contributed by atoms with E-state index in [0.29, 0.717) is 18.7 Å². The maximum Gasteiger partial charge on any atom is 0.269 e. The number of carbonyl (C=O) groups is 1. The van der Waals surface area contributed by atoms with Gasteiger partial charge in [0.15, 0.2) is 0 Å². The lowest BCUT2D eigenvalue weighted by molar-refractivity contribution is 0.0841. The van der Waals surface area contributed by atoms with Gasteiger partial charge in [-0.1, -0.05) is 44.2 Å². The summed E-state index contributed by atoms with van der Waals surface area (Å²) in [4.78, 5) is 12.5. The molecule has 2 unspecified atom stereocenters. The first-order valence-electron chi connectivity index (χ1n) is 8.53. The summed E-state index contributed by atoms with van der Waals surface area (Å²) in [6.07, 6.45) is -0.133. The van der Waals surface area contributed by atoms with Gasteiger partial charge >= 0.3 is 0 Å². The molecule has 1 heterocycles. The molecule has 2 atom stereocenters. The molecule has 130 valence electrons. The number of hydrogen-bond acceptors (Lipinski definition) is 3. The molecule has 2 N–H and O–H groups in total. The number of aliphatic hydroxyl groups excluding tert-OH is 1. The predicted molar refractivity (Wildman–Crippen MR) is 95.1 cm³/mol. The van der Waals surface area contributed by atoms with Crippen molar-refractivity contribution in [1.82, 2.24) is 15.1 Å². The van der Waals surface area contributed by atoms with Crippen LogP contribution in [0.15, 0.2) is 36.4 Å². The summed E-state index contributed by atoms with van der Waals surface area (Å²) in [5.41, 5.74) is 2.49. The van der Waals surface area contributed by atoms with E-state index in [-0.39, 0.29) is 17.9 Å². The van der Waals surface area contributed by atoms with Crippen LogP contribution in [0.3, 0.4) is 0 Å². The first kappa shape index (κ1) is 18.2. The van der Waals surface area contributed by atoms with Crippen molar-refractivity contribution in [2.24, 2.45) is 0 Å². The van der Waals surface area contributed by atoms with Crippen molar-refractivity contribution < 1.29 is 9.90 Å². The quantitative estimate of drug-likeness (QED) is 0.821. The third kappa shape index (κ3) is 4.45. The van der Waals surface area contributed by atoms with Gasteiger partial charge in [0.25, 0.3) is 5.91 Å². The van der Waals surface area contributed by atoms with Gasteiger partial charge in [-0.3, -0.25) is 9.48 Å². The zero-order chi connectivity index (χ0) is 17.7. The van der Waals surface area contributed by atoms with Gasteiger partial charge in [0.2, 0.25) is 0 Å². The zero-order valence-electron chi connectivity index (χ0n) is 14.9. The Morgan fingerprint density at radius 1 is 1.25 bits per heavy atom. The molecule has 1 aromatic carbocycles. The fraction of sp³-hybridized carbons (Fsp3) is 0.474. The van der Waals surface area contributed by atoms with E-state index in [1.54, 1.807) is 4.68 Å². The number of rotatable bonds is 7. The molecule has 0 aliphatic heterocycles. The average Bonchev–Trinajstić information content (AvgIpc) is 3.00. The Balaban J connectivity index is 2.03. The lowest BCUT2D eigenvalue weighted by Crippen LogP contribution is -2.42. The third-order valence-electron chi connectivity index (χ3n) is 4.15. The maximum absolute atomic E-state index is 12.5. The fourth-order valence-electron chi connectivity index (χ4n) is 2.55. The number of amides is 1. The predicted octanol–water partition coefficient (Wildman–Crippen LogP) is 2.75. The Morgan fingerprint density at radius 2 is 1.92 bits per heavy atom. The summed E-state index contributed by atoms with van der Waals surface area (Å²) >= 11 is 0. The minimum atomic E-state index is -0.640. The Bertz CT molecular complexity index is 665. The van der Waals surface area contributed by atoms with Gasteiger partial charge in [0.05, 0.1) is 17.8 Å². The number of hydrogen-bond donors (Lipinski definition) is 2. The number of carbonyl (C=O) groups excluding carboxylic acids is 1. The lowest BCUT2D eigenvalue weighted by Gasteiger charge is -2.20. The van der Waals surface area contributed by atoms with Gasteiger partial charge in [-0.05, 0) is 31.4 Å². The van der Waals surface area contributed by atoms with Crippen LogP contribution in [0.4, 0.5) is 0 Å². The number of benzene rings is 1. The first-order valence-corrected chi connectivity index (χ1v) is 8.53. The molecule has 1 aromatic heterocycles. The molecule has 0 saturated heterocycles. The van der Waals surface area contributed by atoms with E-state index in [9.17, 15) is 9.90 Å². The van der Waals surface area contributed by atoms with Crippen molar-refractivity contribution in [3.8, 4) is 0 Å². The summed E-state index contributed by atoms with van der Waals surface area (Å²) in [5.74, 6) is 0.0707. The van der Waals surface area contributed by atoms with E-state index in [1.807, 2.05) is 50.2 Å². The van der Waals surface area contributed by atoms with Crippen LogP contribution in [0.25, 0.3) is 0 Å². The second kappa shape index (κ2) is 8.11. The third-order valence-corrected chi connectivity index (χ3v) is 4.15. The van der Waals surface area contributed by atoms with Gasteiger partial charge < -0.3 is 10.4 Å². The average molecular weight is 329 g/mol. The number of aromatic nitrogens is 2. The Labute approximate surface area is 143 Å². The highest BCUT2D eigenvalue weighted by Gasteiger charge is 2.21. The summed E-state index contributed by atoms with van der Waals surface area (Å²) in [6.45, 7) is 8.52. The van der Waals surface area contributed by atoms with Crippen LogP contribution in [0.2, 0.25) is 0 Å². The highest BCUT2D eigenvalue weighted by atomic mass is 16.3. The SMILES string of the molecule is CCn1nc(C(C)C)cc1C(=O)NC(C)C(O)Cc1ccccc1. The molecule has 5 heteroatoms. The molecule has 24 heavy (non-hydrogen) atoms. The van der Waals surface area contributed by atoms with Gasteiger partial charge in [-0.15, -0.1) is 0 Å². The van der Waals surface area contributed by atoms with Crippen molar-refractivity contribution in [2.75, 3.05) is 0 Å². The van der Waals surface area contributed by atoms with Crippen LogP contribution in [0, 0.1) is 0 Å². The molecule has 0 bridgehead atoms. The van der Waals surface area contributed by atoms with Gasteiger partial charge in [0.1, 0.15) is 5.69 Å². The van der Waals surface area contributed by atoms with Crippen molar-refractivity contribution in [3.63, 3.8) is 0 Å². The number of nitrogens with one attached hydrogen (secondary N) is 1. The Kier molecular flexibility index (Phi) is 6.15. The fourth-order valence-corrected chi connectivity index (χ4v) is 2.55. The van der Waals surface area contributed by atoms with Crippen LogP contribution < -0.4 is 5.32 Å². The van der Waals surface area contributed by atoms with Crippen molar-refractivity contribution in [2.45, 2.75) is 58.7 Å². The largest absolute Gasteiger partial charge is 0.391 e. The number of aliphatic hydroxyl groups is 1. The van der Waals surface area contributed by atoms with Crippen LogP contribution in [-0.4, -0.2) is 32.9 Å². The zero-order valence-corrected chi connectivity index (χ0v) is 14.9. The minimum Gasteiger partial charge on any atom is -0.391 e. The molecular formula is C19H27N3O2. The Morgan fingerprint density at radius 3 is 2.50 bits per heavy atom. The molecule has 2 aromatic rings. The number of nitrogens with zero attached hydrogens (tertiary/aromatic N) is 2. The highest BCUT2D eigenvalue weighted by Crippen LogP contribution is 2.15. The Hall–Kier alpha value is -2.14.